The predicted octanol–water partition coefficient (Wildman–Crippen LogP) is 5.33. The van der Waals surface area contributed by atoms with Gasteiger partial charge in [-0.05, 0) is 23.3 Å². The van der Waals surface area contributed by atoms with Crippen LogP contribution < -0.4 is 0 Å². The summed E-state index contributed by atoms with van der Waals surface area (Å²) in [6.45, 7) is 0. The third-order valence-corrected chi connectivity index (χ3v) is 4.76. The fourth-order valence-electron chi connectivity index (χ4n) is 3.26. The van der Waals surface area contributed by atoms with Crippen molar-refractivity contribution in [2.45, 2.75) is 12.5 Å². The Morgan fingerprint density at radius 2 is 1.52 bits per heavy atom. The highest BCUT2D eigenvalue weighted by molar-refractivity contribution is 6.31. The quantitative estimate of drug-likeness (QED) is 0.595. The van der Waals surface area contributed by atoms with Gasteiger partial charge in [-0.25, -0.2) is 4.39 Å². The van der Waals surface area contributed by atoms with E-state index in [1.165, 1.54) is 12.1 Å². The highest BCUT2D eigenvalue weighted by Crippen LogP contribution is 2.45. The van der Waals surface area contributed by atoms with Gasteiger partial charge >= 0.3 is 5.97 Å². The van der Waals surface area contributed by atoms with E-state index in [4.69, 9.17) is 16.3 Å². The molecule has 0 spiro atoms. The van der Waals surface area contributed by atoms with Crippen LogP contribution in [0.15, 0.2) is 66.7 Å². The first-order chi connectivity index (χ1) is 12.1. The van der Waals surface area contributed by atoms with Gasteiger partial charge < -0.3 is 4.74 Å². The summed E-state index contributed by atoms with van der Waals surface area (Å²) in [5.74, 6) is -1.01. The van der Waals surface area contributed by atoms with Crippen LogP contribution in [0.4, 0.5) is 4.39 Å². The van der Waals surface area contributed by atoms with Crippen molar-refractivity contribution < 1.29 is 13.9 Å². The molecule has 0 radical (unpaired) electrons. The molecule has 124 valence electrons. The van der Waals surface area contributed by atoms with Gasteiger partial charge in [0.05, 0.1) is 6.42 Å². The third-order valence-electron chi connectivity index (χ3n) is 4.41. The third kappa shape index (κ3) is 2.81. The SMILES string of the molecule is O=C(Cc1c(F)cccc1Cl)OC1c2ccccc2-c2ccccc21. The average Bonchev–Trinajstić information content (AvgIpc) is 2.93. The molecule has 4 heteroatoms. The van der Waals surface area contributed by atoms with Crippen LogP contribution in [0.2, 0.25) is 5.02 Å². The Morgan fingerprint density at radius 3 is 2.12 bits per heavy atom. The second-order valence-electron chi connectivity index (χ2n) is 5.92. The van der Waals surface area contributed by atoms with Crippen LogP contribution in [0.3, 0.4) is 0 Å². The standard InChI is InChI=1S/C21H14ClFO2/c22-18-10-5-11-19(23)17(18)12-20(24)25-21-15-8-3-1-6-13(15)14-7-2-4-9-16(14)21/h1-11,21H,12H2. The van der Waals surface area contributed by atoms with E-state index in [-0.39, 0.29) is 17.0 Å². The van der Waals surface area contributed by atoms with Gasteiger partial charge in [0, 0.05) is 21.7 Å². The van der Waals surface area contributed by atoms with Gasteiger partial charge in [-0.2, -0.15) is 0 Å². The smallest absolute Gasteiger partial charge is 0.311 e. The van der Waals surface area contributed by atoms with Gasteiger partial charge in [-0.1, -0.05) is 66.2 Å². The van der Waals surface area contributed by atoms with Crippen LogP contribution >= 0.6 is 11.6 Å². The van der Waals surface area contributed by atoms with Crippen LogP contribution in [-0.4, -0.2) is 5.97 Å². The van der Waals surface area contributed by atoms with Gasteiger partial charge in [0.2, 0.25) is 0 Å². The maximum atomic E-state index is 13.9. The van der Waals surface area contributed by atoms with Crippen molar-refractivity contribution in [2.75, 3.05) is 0 Å². The topological polar surface area (TPSA) is 26.3 Å². The number of hydrogen-bond acceptors (Lipinski definition) is 2. The summed E-state index contributed by atoms with van der Waals surface area (Å²) in [6.07, 6.45) is -0.683. The molecule has 0 atom stereocenters. The fourth-order valence-corrected chi connectivity index (χ4v) is 3.48. The molecule has 0 bridgehead atoms. The van der Waals surface area contributed by atoms with E-state index in [2.05, 4.69) is 0 Å². The summed E-state index contributed by atoms with van der Waals surface area (Å²) in [5.41, 5.74) is 4.15. The number of rotatable bonds is 3. The molecule has 0 amide bonds. The van der Waals surface area contributed by atoms with Gasteiger partial charge in [0.15, 0.2) is 6.10 Å². The lowest BCUT2D eigenvalue weighted by atomic mass is 10.1. The van der Waals surface area contributed by atoms with Crippen molar-refractivity contribution in [1.82, 2.24) is 0 Å². The summed E-state index contributed by atoms with van der Waals surface area (Å²) in [7, 11) is 0. The van der Waals surface area contributed by atoms with Crippen molar-refractivity contribution >= 4 is 17.6 Å². The van der Waals surface area contributed by atoms with E-state index in [0.29, 0.717) is 0 Å². The Kier molecular flexibility index (Phi) is 4.02. The van der Waals surface area contributed by atoms with E-state index in [0.717, 1.165) is 22.3 Å². The number of benzene rings is 3. The molecule has 0 N–H and O–H groups in total. The molecule has 4 rings (SSSR count). The zero-order valence-electron chi connectivity index (χ0n) is 13.2. The molecule has 1 aliphatic rings. The molecule has 25 heavy (non-hydrogen) atoms. The second kappa shape index (κ2) is 6.34. The van der Waals surface area contributed by atoms with E-state index < -0.39 is 17.9 Å². The van der Waals surface area contributed by atoms with Gasteiger partial charge in [-0.15, -0.1) is 0 Å². The van der Waals surface area contributed by atoms with Gasteiger partial charge in [-0.3, -0.25) is 4.79 Å². The summed E-state index contributed by atoms with van der Waals surface area (Å²) < 4.78 is 19.6. The summed E-state index contributed by atoms with van der Waals surface area (Å²) in [5, 5.41) is 0.226. The van der Waals surface area contributed by atoms with Crippen molar-refractivity contribution in [1.29, 1.82) is 0 Å². The number of carbonyl (C=O) groups is 1. The molecular weight excluding hydrogens is 339 g/mol. The first-order valence-corrected chi connectivity index (χ1v) is 8.33. The summed E-state index contributed by atoms with van der Waals surface area (Å²) >= 11 is 6.00. The Hall–Kier alpha value is -2.65. The maximum Gasteiger partial charge on any atom is 0.311 e. The van der Waals surface area contributed by atoms with E-state index in [1.54, 1.807) is 6.07 Å². The van der Waals surface area contributed by atoms with E-state index in [1.807, 2.05) is 48.5 Å². The Balaban J connectivity index is 1.64. The van der Waals surface area contributed by atoms with Crippen molar-refractivity contribution in [3.05, 3.63) is 94.3 Å². The Morgan fingerprint density at radius 1 is 0.920 bits per heavy atom. The predicted molar refractivity (Wildman–Crippen MR) is 94.9 cm³/mol. The van der Waals surface area contributed by atoms with Crippen LogP contribution in [0.25, 0.3) is 11.1 Å². The second-order valence-corrected chi connectivity index (χ2v) is 6.33. The van der Waals surface area contributed by atoms with Crippen LogP contribution in [0.5, 0.6) is 0 Å². The number of fused-ring (bicyclic) bond motifs is 3. The van der Waals surface area contributed by atoms with Crippen molar-refractivity contribution in [2.24, 2.45) is 0 Å². The molecule has 1 aliphatic carbocycles. The minimum atomic E-state index is -0.511. The summed E-state index contributed by atoms with van der Waals surface area (Å²) in [4.78, 5) is 12.4. The van der Waals surface area contributed by atoms with Crippen LogP contribution in [0, 0.1) is 5.82 Å². The molecule has 2 nitrogen and oxygen atoms in total. The lowest BCUT2D eigenvalue weighted by Gasteiger charge is -2.15. The zero-order valence-corrected chi connectivity index (χ0v) is 14.0. The average molecular weight is 353 g/mol. The molecule has 0 fully saturated rings. The molecule has 0 unspecified atom stereocenters. The van der Waals surface area contributed by atoms with Crippen molar-refractivity contribution in [3.8, 4) is 11.1 Å². The number of hydrogen-bond donors (Lipinski definition) is 0. The van der Waals surface area contributed by atoms with E-state index in [9.17, 15) is 9.18 Å². The molecule has 0 saturated heterocycles. The van der Waals surface area contributed by atoms with Gasteiger partial charge in [0.25, 0.3) is 0 Å². The summed E-state index contributed by atoms with van der Waals surface area (Å²) in [6, 6.07) is 20.0. The highest BCUT2D eigenvalue weighted by atomic mass is 35.5. The monoisotopic (exact) mass is 352 g/mol. The van der Waals surface area contributed by atoms with E-state index >= 15 is 0 Å². The number of esters is 1. The minimum Gasteiger partial charge on any atom is -0.452 e. The molecule has 3 aromatic rings. The lowest BCUT2D eigenvalue weighted by molar-refractivity contribution is -0.146. The first kappa shape index (κ1) is 15.9. The minimum absolute atomic E-state index is 0.161. The highest BCUT2D eigenvalue weighted by Gasteiger charge is 2.31. The normalized spacial score (nSPS) is 12.6. The number of halogens is 2. The first-order valence-electron chi connectivity index (χ1n) is 7.96. The van der Waals surface area contributed by atoms with Crippen LogP contribution in [-0.2, 0) is 16.0 Å². The lowest BCUT2D eigenvalue weighted by Crippen LogP contribution is -2.14. The molecule has 3 aromatic carbocycles. The number of ether oxygens (including phenoxy) is 1. The molecule has 0 heterocycles. The molecule has 0 aliphatic heterocycles. The van der Waals surface area contributed by atoms with Crippen LogP contribution in [0.1, 0.15) is 22.8 Å². The number of carbonyl (C=O) groups excluding carboxylic acids is 1. The largest absolute Gasteiger partial charge is 0.452 e. The van der Waals surface area contributed by atoms with Crippen molar-refractivity contribution in [3.63, 3.8) is 0 Å². The maximum absolute atomic E-state index is 13.9. The zero-order chi connectivity index (χ0) is 17.4. The molecule has 0 saturated carbocycles. The molecule has 0 aromatic heterocycles. The Labute approximate surface area is 149 Å². The van der Waals surface area contributed by atoms with Gasteiger partial charge in [0.1, 0.15) is 5.82 Å². The molecular formula is C21H14ClFO2. The fraction of sp³-hybridized carbons (Fsp3) is 0.0952. The Bertz CT molecular complexity index is 902.